The molecule has 0 aliphatic heterocycles. The van der Waals surface area contributed by atoms with Gasteiger partial charge < -0.3 is 4.74 Å². The summed E-state index contributed by atoms with van der Waals surface area (Å²) >= 11 is 6.02. The highest BCUT2D eigenvalue weighted by molar-refractivity contribution is 7.79. The van der Waals surface area contributed by atoms with Gasteiger partial charge in [-0.3, -0.25) is 0 Å². The summed E-state index contributed by atoms with van der Waals surface area (Å²) in [5.41, 5.74) is 2.32. The third kappa shape index (κ3) is 3.50. The fourth-order valence-electron chi connectivity index (χ4n) is 1.70. The van der Waals surface area contributed by atoms with Crippen LogP contribution in [-0.2, 0) is 12.2 Å². The van der Waals surface area contributed by atoms with Crippen LogP contribution in [0.1, 0.15) is 21.1 Å². The van der Waals surface area contributed by atoms with Crippen LogP contribution < -0.4 is 4.74 Å². The van der Waals surface area contributed by atoms with Gasteiger partial charge in [0.25, 0.3) is 0 Å². The molecule has 0 fully saturated rings. The van der Waals surface area contributed by atoms with Crippen LogP contribution in [0.5, 0.6) is 5.75 Å². The molecule has 0 spiro atoms. The van der Waals surface area contributed by atoms with Crippen molar-refractivity contribution >= 4 is 24.0 Å². The number of thiol groups is 1. The van der Waals surface area contributed by atoms with Crippen LogP contribution in [0.2, 0.25) is 0 Å². The van der Waals surface area contributed by atoms with E-state index in [4.69, 9.17) is 4.74 Å². The van der Waals surface area contributed by atoms with Crippen LogP contribution in [0.4, 0.5) is 0 Å². The molecular formula is C14H17NOS2. The summed E-state index contributed by atoms with van der Waals surface area (Å²) in [6, 6.07) is 8.11. The molecule has 18 heavy (non-hydrogen) atoms. The molecule has 0 saturated heterocycles. The Morgan fingerprint density at radius 2 is 2.17 bits per heavy atom. The zero-order valence-electron chi connectivity index (χ0n) is 10.6. The third-order valence-corrected chi connectivity index (χ3v) is 4.40. The second kappa shape index (κ2) is 6.25. The average molecular weight is 279 g/mol. The van der Waals surface area contributed by atoms with Crippen LogP contribution in [0.15, 0.2) is 24.3 Å². The summed E-state index contributed by atoms with van der Waals surface area (Å²) in [6.45, 7) is 4.77. The lowest BCUT2D eigenvalue weighted by Crippen LogP contribution is -2.01. The first kappa shape index (κ1) is 13.4. The van der Waals surface area contributed by atoms with E-state index in [0.717, 1.165) is 28.6 Å². The molecule has 4 heteroatoms. The van der Waals surface area contributed by atoms with Crippen LogP contribution in [0.25, 0.3) is 0 Å². The standard InChI is InChI=1S/C14H17NOS2/c1-10-4-3-5-12(8-10)16-7-6-14-15-11(2)13(9-17)18-14/h3-5,8,17H,6-7,9H2,1-2H3. The van der Waals surface area contributed by atoms with Gasteiger partial charge in [-0.05, 0) is 31.5 Å². The predicted octanol–water partition coefficient (Wildman–Crippen LogP) is 3.81. The lowest BCUT2D eigenvalue weighted by molar-refractivity contribution is 0.321. The summed E-state index contributed by atoms with van der Waals surface area (Å²) in [5, 5.41) is 1.13. The van der Waals surface area contributed by atoms with Crippen LogP contribution >= 0.6 is 24.0 Å². The van der Waals surface area contributed by atoms with Crippen LogP contribution in [0, 0.1) is 13.8 Å². The number of aromatic nitrogens is 1. The first-order valence-corrected chi connectivity index (χ1v) is 7.39. The van der Waals surface area contributed by atoms with E-state index in [1.54, 1.807) is 11.3 Å². The van der Waals surface area contributed by atoms with Crippen molar-refractivity contribution in [3.8, 4) is 5.75 Å². The topological polar surface area (TPSA) is 22.1 Å². The molecule has 0 amide bonds. The van der Waals surface area contributed by atoms with E-state index in [9.17, 15) is 0 Å². The summed E-state index contributed by atoms with van der Waals surface area (Å²) in [6.07, 6.45) is 0.854. The molecule has 1 aromatic carbocycles. The lowest BCUT2D eigenvalue weighted by Gasteiger charge is -2.05. The summed E-state index contributed by atoms with van der Waals surface area (Å²) < 4.78 is 5.72. The van der Waals surface area contributed by atoms with Gasteiger partial charge in [-0.2, -0.15) is 12.6 Å². The fourth-order valence-corrected chi connectivity index (χ4v) is 3.04. The van der Waals surface area contributed by atoms with Crippen LogP contribution in [0.3, 0.4) is 0 Å². The number of rotatable bonds is 5. The van der Waals surface area contributed by atoms with Crippen molar-refractivity contribution in [1.82, 2.24) is 4.98 Å². The van der Waals surface area contributed by atoms with Gasteiger partial charge in [0.2, 0.25) is 0 Å². The number of ether oxygens (including phenoxy) is 1. The Bertz CT molecular complexity index is 522. The molecule has 0 unspecified atom stereocenters. The van der Waals surface area contributed by atoms with Crippen molar-refractivity contribution < 1.29 is 4.74 Å². The third-order valence-electron chi connectivity index (χ3n) is 2.65. The number of benzene rings is 1. The maximum Gasteiger partial charge on any atom is 0.119 e. The normalized spacial score (nSPS) is 10.6. The molecule has 2 aromatic rings. The minimum Gasteiger partial charge on any atom is -0.493 e. The van der Waals surface area contributed by atoms with E-state index in [0.29, 0.717) is 6.61 Å². The number of thiazole rings is 1. The van der Waals surface area contributed by atoms with E-state index >= 15 is 0 Å². The Morgan fingerprint density at radius 1 is 1.33 bits per heavy atom. The van der Waals surface area contributed by atoms with E-state index in [1.807, 2.05) is 25.1 Å². The summed E-state index contributed by atoms with van der Waals surface area (Å²) in [4.78, 5) is 5.77. The van der Waals surface area contributed by atoms with Crippen LogP contribution in [-0.4, -0.2) is 11.6 Å². The molecule has 96 valence electrons. The van der Waals surface area contributed by atoms with Crippen molar-refractivity contribution in [2.45, 2.75) is 26.0 Å². The van der Waals surface area contributed by atoms with Gasteiger partial charge in [-0.15, -0.1) is 11.3 Å². The van der Waals surface area contributed by atoms with Gasteiger partial charge in [0.15, 0.2) is 0 Å². The molecule has 0 N–H and O–H groups in total. The zero-order chi connectivity index (χ0) is 13.0. The van der Waals surface area contributed by atoms with Crippen molar-refractivity contribution in [3.05, 3.63) is 45.4 Å². The summed E-state index contributed by atoms with van der Waals surface area (Å²) in [5.74, 6) is 1.69. The van der Waals surface area contributed by atoms with E-state index < -0.39 is 0 Å². The first-order chi connectivity index (χ1) is 8.69. The lowest BCUT2D eigenvalue weighted by atomic mass is 10.2. The van der Waals surface area contributed by atoms with Crippen molar-refractivity contribution in [3.63, 3.8) is 0 Å². The largest absolute Gasteiger partial charge is 0.493 e. The van der Waals surface area contributed by atoms with Crippen molar-refractivity contribution in [2.24, 2.45) is 0 Å². The summed E-state index contributed by atoms with van der Waals surface area (Å²) in [7, 11) is 0. The van der Waals surface area contributed by atoms with E-state index in [1.165, 1.54) is 10.4 Å². The van der Waals surface area contributed by atoms with Crippen molar-refractivity contribution in [2.75, 3.05) is 6.61 Å². The van der Waals surface area contributed by atoms with Gasteiger partial charge in [0.1, 0.15) is 5.75 Å². The highest BCUT2D eigenvalue weighted by atomic mass is 32.1. The molecule has 0 radical (unpaired) electrons. The van der Waals surface area contributed by atoms with Gasteiger partial charge >= 0.3 is 0 Å². The zero-order valence-corrected chi connectivity index (χ0v) is 12.4. The maximum atomic E-state index is 5.72. The van der Waals surface area contributed by atoms with Gasteiger partial charge in [0, 0.05) is 17.1 Å². The minimum absolute atomic E-state index is 0.669. The van der Waals surface area contributed by atoms with Crippen molar-refractivity contribution in [1.29, 1.82) is 0 Å². The Balaban J connectivity index is 1.88. The molecule has 2 rings (SSSR count). The van der Waals surface area contributed by atoms with Gasteiger partial charge in [0.05, 0.1) is 17.3 Å². The van der Waals surface area contributed by atoms with E-state index in [2.05, 4.69) is 30.6 Å². The Labute approximate surface area is 117 Å². The average Bonchev–Trinajstić information content (AvgIpc) is 2.70. The molecule has 0 aliphatic carbocycles. The Kier molecular flexibility index (Phi) is 4.66. The molecule has 0 atom stereocenters. The monoisotopic (exact) mass is 279 g/mol. The quantitative estimate of drug-likeness (QED) is 0.841. The number of nitrogens with zero attached hydrogens (tertiary/aromatic N) is 1. The first-order valence-electron chi connectivity index (χ1n) is 5.94. The molecule has 0 bridgehead atoms. The fraction of sp³-hybridized carbons (Fsp3) is 0.357. The smallest absolute Gasteiger partial charge is 0.119 e. The second-order valence-electron chi connectivity index (χ2n) is 4.19. The Morgan fingerprint density at radius 3 is 2.83 bits per heavy atom. The number of hydrogen-bond donors (Lipinski definition) is 1. The minimum atomic E-state index is 0.669. The Hall–Kier alpha value is -1.000. The van der Waals surface area contributed by atoms with Gasteiger partial charge in [-0.1, -0.05) is 12.1 Å². The van der Waals surface area contributed by atoms with Gasteiger partial charge in [-0.25, -0.2) is 4.98 Å². The maximum absolute atomic E-state index is 5.72. The van der Waals surface area contributed by atoms with E-state index in [-0.39, 0.29) is 0 Å². The second-order valence-corrected chi connectivity index (χ2v) is 5.67. The molecule has 1 aromatic heterocycles. The molecule has 1 heterocycles. The predicted molar refractivity (Wildman–Crippen MR) is 79.9 cm³/mol. The molecular weight excluding hydrogens is 262 g/mol. The molecule has 2 nitrogen and oxygen atoms in total. The molecule has 0 saturated carbocycles. The molecule has 0 aliphatic rings. The highest BCUT2D eigenvalue weighted by Gasteiger charge is 2.06. The SMILES string of the molecule is Cc1cccc(OCCc2nc(C)c(CS)s2)c1. The highest BCUT2D eigenvalue weighted by Crippen LogP contribution is 2.20. The number of hydrogen-bond acceptors (Lipinski definition) is 4. The number of aryl methyl sites for hydroxylation is 2.